The number of nitro benzene ring substituents is 1. The highest BCUT2D eigenvalue weighted by Gasteiger charge is 2.14. The molecule has 1 heterocycles. The summed E-state index contributed by atoms with van der Waals surface area (Å²) in [6.07, 6.45) is 4.50. The predicted octanol–water partition coefficient (Wildman–Crippen LogP) is 2.21. The van der Waals surface area contributed by atoms with E-state index in [0.717, 1.165) is 24.9 Å². The van der Waals surface area contributed by atoms with Crippen LogP contribution in [0.5, 0.6) is 0 Å². The van der Waals surface area contributed by atoms with Crippen LogP contribution in [0.1, 0.15) is 31.2 Å². The third kappa shape index (κ3) is 5.99. The number of non-ortho nitro benzene ring substituents is 1. The Morgan fingerprint density at radius 2 is 2.09 bits per heavy atom. The summed E-state index contributed by atoms with van der Waals surface area (Å²) in [5.41, 5.74) is 1.07. The number of amides is 1. The van der Waals surface area contributed by atoms with E-state index in [4.69, 9.17) is 0 Å². The van der Waals surface area contributed by atoms with Crippen LogP contribution in [0.25, 0.3) is 0 Å². The molecule has 1 saturated heterocycles. The maximum absolute atomic E-state index is 11.7. The van der Waals surface area contributed by atoms with E-state index in [1.807, 2.05) is 0 Å². The topological polar surface area (TPSA) is 84.3 Å². The van der Waals surface area contributed by atoms with Crippen molar-refractivity contribution in [3.05, 3.63) is 39.9 Å². The molecule has 0 aromatic heterocycles. The van der Waals surface area contributed by atoms with Crippen molar-refractivity contribution < 1.29 is 9.72 Å². The van der Waals surface area contributed by atoms with Gasteiger partial charge in [-0.25, -0.2) is 0 Å². The van der Waals surface area contributed by atoms with Gasteiger partial charge in [-0.05, 0) is 37.8 Å². The third-order valence-electron chi connectivity index (χ3n) is 3.77. The molecule has 0 bridgehead atoms. The van der Waals surface area contributed by atoms with Gasteiger partial charge >= 0.3 is 0 Å². The predicted molar refractivity (Wildman–Crippen MR) is 87.3 cm³/mol. The fourth-order valence-corrected chi connectivity index (χ4v) is 2.53. The molecular weight excluding hydrogens is 306 g/mol. The van der Waals surface area contributed by atoms with E-state index in [1.165, 1.54) is 18.6 Å². The van der Waals surface area contributed by atoms with Crippen LogP contribution in [-0.2, 0) is 11.2 Å². The first-order chi connectivity index (χ1) is 10.1. The molecule has 1 fully saturated rings. The molecule has 22 heavy (non-hydrogen) atoms. The van der Waals surface area contributed by atoms with Crippen LogP contribution in [0, 0.1) is 10.1 Å². The smallest absolute Gasteiger partial charge is 0.269 e. The van der Waals surface area contributed by atoms with Crippen molar-refractivity contribution in [3.8, 4) is 0 Å². The van der Waals surface area contributed by atoms with Gasteiger partial charge in [0.15, 0.2) is 0 Å². The minimum Gasteiger partial charge on any atom is -0.356 e. The molecule has 2 N–H and O–H groups in total. The number of halogens is 1. The molecule has 122 valence electrons. The van der Waals surface area contributed by atoms with E-state index in [1.54, 1.807) is 12.1 Å². The van der Waals surface area contributed by atoms with Crippen molar-refractivity contribution >= 4 is 24.0 Å². The largest absolute Gasteiger partial charge is 0.356 e. The van der Waals surface area contributed by atoms with Crippen LogP contribution in [0.15, 0.2) is 24.3 Å². The van der Waals surface area contributed by atoms with Crippen LogP contribution in [0.3, 0.4) is 0 Å². The fraction of sp³-hybridized carbons (Fsp3) is 0.533. The zero-order chi connectivity index (χ0) is 15.1. The maximum atomic E-state index is 11.7. The average Bonchev–Trinajstić information content (AvgIpc) is 2.99. The van der Waals surface area contributed by atoms with E-state index in [-0.39, 0.29) is 24.0 Å². The number of nitrogens with zero attached hydrogens (tertiary/aromatic N) is 1. The van der Waals surface area contributed by atoms with Gasteiger partial charge in [-0.15, -0.1) is 12.4 Å². The molecule has 7 heteroatoms. The SMILES string of the molecule is Cl.O=C(CCC1CCCN1)NCCc1ccc([N+](=O)[O-])cc1. The number of hydrogen-bond donors (Lipinski definition) is 2. The minimum atomic E-state index is -0.414. The monoisotopic (exact) mass is 327 g/mol. The Morgan fingerprint density at radius 1 is 1.36 bits per heavy atom. The lowest BCUT2D eigenvalue weighted by Gasteiger charge is -2.10. The van der Waals surface area contributed by atoms with Crippen molar-refractivity contribution in [2.75, 3.05) is 13.1 Å². The third-order valence-corrected chi connectivity index (χ3v) is 3.77. The molecule has 6 nitrogen and oxygen atoms in total. The summed E-state index contributed by atoms with van der Waals surface area (Å²) in [5, 5.41) is 16.8. The van der Waals surface area contributed by atoms with Crippen molar-refractivity contribution in [1.82, 2.24) is 10.6 Å². The van der Waals surface area contributed by atoms with Gasteiger partial charge < -0.3 is 10.6 Å². The van der Waals surface area contributed by atoms with E-state index >= 15 is 0 Å². The molecule has 0 saturated carbocycles. The van der Waals surface area contributed by atoms with Crippen LogP contribution in [0.2, 0.25) is 0 Å². The van der Waals surface area contributed by atoms with Crippen molar-refractivity contribution in [1.29, 1.82) is 0 Å². The molecule has 0 spiro atoms. The molecule has 1 atom stereocenters. The molecule has 1 aromatic carbocycles. The normalized spacial score (nSPS) is 16.8. The van der Waals surface area contributed by atoms with Gasteiger partial charge in [0, 0.05) is 31.1 Å². The highest BCUT2D eigenvalue weighted by atomic mass is 35.5. The van der Waals surface area contributed by atoms with Crippen molar-refractivity contribution in [2.24, 2.45) is 0 Å². The molecule has 1 aliphatic heterocycles. The molecule has 1 unspecified atom stereocenters. The Hall–Kier alpha value is -1.66. The van der Waals surface area contributed by atoms with Gasteiger partial charge in [0.1, 0.15) is 0 Å². The number of carbonyl (C=O) groups excluding carboxylic acids is 1. The zero-order valence-electron chi connectivity index (χ0n) is 12.4. The van der Waals surface area contributed by atoms with Crippen LogP contribution in [-0.4, -0.2) is 30.0 Å². The van der Waals surface area contributed by atoms with E-state index in [0.29, 0.717) is 25.4 Å². The zero-order valence-corrected chi connectivity index (χ0v) is 13.2. The molecule has 0 aliphatic carbocycles. The maximum Gasteiger partial charge on any atom is 0.269 e. The molecule has 0 radical (unpaired) electrons. The first kappa shape index (κ1) is 18.4. The van der Waals surface area contributed by atoms with Gasteiger partial charge in [-0.3, -0.25) is 14.9 Å². The molecular formula is C15H22ClN3O3. The Balaban J connectivity index is 0.00000242. The number of hydrogen-bond acceptors (Lipinski definition) is 4. The quantitative estimate of drug-likeness (QED) is 0.594. The number of benzene rings is 1. The summed E-state index contributed by atoms with van der Waals surface area (Å²) < 4.78 is 0. The van der Waals surface area contributed by atoms with Gasteiger partial charge in [0.25, 0.3) is 5.69 Å². The molecule has 1 amide bonds. The lowest BCUT2D eigenvalue weighted by Crippen LogP contribution is -2.28. The van der Waals surface area contributed by atoms with E-state index in [2.05, 4.69) is 10.6 Å². The summed E-state index contributed by atoms with van der Waals surface area (Å²) in [5.74, 6) is 0.0746. The van der Waals surface area contributed by atoms with Gasteiger partial charge in [0.05, 0.1) is 4.92 Å². The summed E-state index contributed by atoms with van der Waals surface area (Å²) in [6, 6.07) is 6.93. The molecule has 1 aromatic rings. The number of rotatable bonds is 7. The summed E-state index contributed by atoms with van der Waals surface area (Å²) in [6.45, 7) is 1.63. The second-order valence-corrected chi connectivity index (χ2v) is 5.36. The average molecular weight is 328 g/mol. The van der Waals surface area contributed by atoms with Crippen molar-refractivity contribution in [3.63, 3.8) is 0 Å². The second kappa shape index (κ2) is 9.38. The summed E-state index contributed by atoms with van der Waals surface area (Å²) in [7, 11) is 0. The first-order valence-electron chi connectivity index (χ1n) is 7.38. The Labute approximate surface area is 136 Å². The summed E-state index contributed by atoms with van der Waals surface area (Å²) >= 11 is 0. The Morgan fingerprint density at radius 3 is 2.68 bits per heavy atom. The van der Waals surface area contributed by atoms with Gasteiger partial charge in [-0.1, -0.05) is 12.1 Å². The number of carbonyl (C=O) groups is 1. The fourth-order valence-electron chi connectivity index (χ4n) is 2.53. The van der Waals surface area contributed by atoms with Crippen LogP contribution < -0.4 is 10.6 Å². The number of nitrogens with one attached hydrogen (secondary N) is 2. The lowest BCUT2D eigenvalue weighted by atomic mass is 10.1. The minimum absolute atomic E-state index is 0. The first-order valence-corrected chi connectivity index (χ1v) is 7.38. The summed E-state index contributed by atoms with van der Waals surface area (Å²) in [4.78, 5) is 21.8. The van der Waals surface area contributed by atoms with Gasteiger partial charge in [-0.2, -0.15) is 0 Å². The Bertz CT molecular complexity index is 487. The number of nitro groups is 1. The lowest BCUT2D eigenvalue weighted by molar-refractivity contribution is -0.384. The Kier molecular flexibility index (Phi) is 7.84. The van der Waals surface area contributed by atoms with E-state index in [9.17, 15) is 14.9 Å². The van der Waals surface area contributed by atoms with Gasteiger partial charge in [0.2, 0.25) is 5.91 Å². The highest BCUT2D eigenvalue weighted by Crippen LogP contribution is 2.12. The highest BCUT2D eigenvalue weighted by molar-refractivity contribution is 5.85. The molecule has 1 aliphatic rings. The second-order valence-electron chi connectivity index (χ2n) is 5.36. The van der Waals surface area contributed by atoms with Crippen LogP contribution >= 0.6 is 12.4 Å². The van der Waals surface area contributed by atoms with Crippen molar-refractivity contribution in [2.45, 2.75) is 38.1 Å². The van der Waals surface area contributed by atoms with Crippen LogP contribution in [0.4, 0.5) is 5.69 Å². The van der Waals surface area contributed by atoms with E-state index < -0.39 is 4.92 Å². The molecule has 2 rings (SSSR count). The standard InChI is InChI=1S/C15H21N3O3.ClH/c19-15(8-5-13-2-1-10-16-13)17-11-9-12-3-6-14(7-4-12)18(20)21;/h3-4,6-7,13,16H,1-2,5,8-11H2,(H,17,19);1H.